The van der Waals surface area contributed by atoms with Gasteiger partial charge < -0.3 is 19.7 Å². The smallest absolute Gasteiger partial charge is 0.242 e. The van der Waals surface area contributed by atoms with Gasteiger partial charge in [-0.05, 0) is 63.6 Å². The average molecular weight is 481 g/mol. The van der Waals surface area contributed by atoms with Crippen LogP contribution in [0.2, 0.25) is 10.0 Å². The van der Waals surface area contributed by atoms with Gasteiger partial charge in [-0.2, -0.15) is 0 Å². The minimum atomic E-state index is -0.681. The minimum Gasteiger partial charge on any atom is -0.497 e. The van der Waals surface area contributed by atoms with E-state index in [4.69, 9.17) is 32.7 Å². The van der Waals surface area contributed by atoms with Crippen molar-refractivity contribution in [2.75, 3.05) is 13.7 Å². The highest BCUT2D eigenvalue weighted by Crippen LogP contribution is 2.27. The molecule has 0 bridgehead atoms. The zero-order valence-corrected chi connectivity index (χ0v) is 20.4. The molecule has 0 aliphatic heterocycles. The van der Waals surface area contributed by atoms with Gasteiger partial charge in [-0.25, -0.2) is 0 Å². The summed E-state index contributed by atoms with van der Waals surface area (Å²) < 4.78 is 10.8. The van der Waals surface area contributed by atoms with Crippen LogP contribution in [0.25, 0.3) is 0 Å². The zero-order valence-electron chi connectivity index (χ0n) is 18.9. The first-order valence-electron chi connectivity index (χ1n) is 10.5. The van der Waals surface area contributed by atoms with E-state index in [1.54, 1.807) is 32.2 Å². The molecule has 0 spiro atoms. The van der Waals surface area contributed by atoms with Crippen LogP contribution in [0.15, 0.2) is 42.5 Å². The summed E-state index contributed by atoms with van der Waals surface area (Å²) >= 11 is 12.6. The first-order chi connectivity index (χ1) is 15.2. The maximum atomic E-state index is 13.1. The van der Waals surface area contributed by atoms with Crippen LogP contribution in [0.4, 0.5) is 0 Å². The fraction of sp³-hybridized carbons (Fsp3) is 0.417. The molecule has 6 nitrogen and oxygen atoms in total. The van der Waals surface area contributed by atoms with Crippen molar-refractivity contribution in [3.8, 4) is 11.5 Å². The van der Waals surface area contributed by atoms with E-state index in [1.807, 2.05) is 38.1 Å². The van der Waals surface area contributed by atoms with Gasteiger partial charge in [-0.15, -0.1) is 0 Å². The largest absolute Gasteiger partial charge is 0.497 e. The summed E-state index contributed by atoms with van der Waals surface area (Å²) in [7, 11) is 1.60. The lowest BCUT2D eigenvalue weighted by atomic mass is 10.1. The zero-order chi connectivity index (χ0) is 23.7. The molecule has 174 valence electrons. The average Bonchev–Trinajstić information content (AvgIpc) is 2.76. The van der Waals surface area contributed by atoms with Gasteiger partial charge in [0.15, 0.2) is 0 Å². The van der Waals surface area contributed by atoms with Crippen molar-refractivity contribution in [2.45, 2.75) is 52.2 Å². The van der Waals surface area contributed by atoms with Gasteiger partial charge in [0.1, 0.15) is 17.5 Å². The molecule has 0 aliphatic carbocycles. The number of ether oxygens (including phenoxy) is 2. The molecule has 0 unspecified atom stereocenters. The Bertz CT molecular complexity index is 883. The van der Waals surface area contributed by atoms with Crippen LogP contribution >= 0.6 is 23.2 Å². The monoisotopic (exact) mass is 480 g/mol. The van der Waals surface area contributed by atoms with Crippen LogP contribution in [0.5, 0.6) is 11.5 Å². The summed E-state index contributed by atoms with van der Waals surface area (Å²) in [6, 6.07) is 11.7. The molecule has 0 fully saturated rings. The molecular formula is C24H30Cl2N2O4. The fourth-order valence-electron chi connectivity index (χ4n) is 3.07. The quantitative estimate of drug-likeness (QED) is 0.454. The first kappa shape index (κ1) is 25.8. The third kappa shape index (κ3) is 7.61. The number of hydrogen-bond donors (Lipinski definition) is 1. The van der Waals surface area contributed by atoms with Crippen molar-refractivity contribution in [3.63, 3.8) is 0 Å². The van der Waals surface area contributed by atoms with E-state index in [1.165, 1.54) is 4.90 Å². The number of benzene rings is 2. The number of nitrogens with zero attached hydrogens (tertiary/aromatic N) is 1. The van der Waals surface area contributed by atoms with Crippen molar-refractivity contribution in [2.24, 2.45) is 0 Å². The van der Waals surface area contributed by atoms with Gasteiger partial charge >= 0.3 is 0 Å². The van der Waals surface area contributed by atoms with Crippen LogP contribution in [0.3, 0.4) is 0 Å². The Balaban J connectivity index is 2.04. The van der Waals surface area contributed by atoms with Gasteiger partial charge in [0.25, 0.3) is 0 Å². The summed E-state index contributed by atoms with van der Waals surface area (Å²) in [6.07, 6.45) is 0.716. The van der Waals surface area contributed by atoms with Gasteiger partial charge in [0.05, 0.1) is 13.7 Å². The molecule has 0 saturated carbocycles. The molecule has 1 atom stereocenters. The SMILES string of the molecule is COc1ccc(OCCCC(=O)N(Cc2c(Cl)cccc2Cl)[C@H](C)C(=O)NC(C)C)cc1. The Morgan fingerprint density at radius 3 is 2.16 bits per heavy atom. The third-order valence-corrected chi connectivity index (χ3v) is 5.56. The number of carbonyl (C=O) groups is 2. The van der Waals surface area contributed by atoms with Crippen molar-refractivity contribution >= 4 is 35.0 Å². The predicted molar refractivity (Wildman–Crippen MR) is 127 cm³/mol. The Morgan fingerprint density at radius 1 is 1.00 bits per heavy atom. The summed E-state index contributed by atoms with van der Waals surface area (Å²) in [5.74, 6) is 1.04. The van der Waals surface area contributed by atoms with Crippen LogP contribution in [0, 0.1) is 0 Å². The normalized spacial score (nSPS) is 11.7. The Labute approximate surface area is 199 Å². The van der Waals surface area contributed by atoms with Crippen molar-refractivity contribution in [1.82, 2.24) is 10.2 Å². The van der Waals surface area contributed by atoms with Gasteiger partial charge in [-0.1, -0.05) is 29.3 Å². The molecular weight excluding hydrogens is 451 g/mol. The molecule has 2 amide bonds. The summed E-state index contributed by atoms with van der Waals surface area (Å²) in [6.45, 7) is 5.96. The molecule has 2 rings (SSSR count). The van der Waals surface area contributed by atoms with Crippen LogP contribution in [0.1, 0.15) is 39.2 Å². The van der Waals surface area contributed by atoms with Gasteiger partial charge in [0.2, 0.25) is 11.8 Å². The Morgan fingerprint density at radius 2 is 1.59 bits per heavy atom. The molecule has 32 heavy (non-hydrogen) atoms. The molecule has 2 aromatic rings. The fourth-order valence-corrected chi connectivity index (χ4v) is 3.59. The lowest BCUT2D eigenvalue weighted by Crippen LogP contribution is -2.49. The summed E-state index contributed by atoms with van der Waals surface area (Å²) in [4.78, 5) is 27.2. The van der Waals surface area contributed by atoms with E-state index >= 15 is 0 Å². The number of methoxy groups -OCH3 is 1. The number of amides is 2. The Hall–Kier alpha value is -2.44. The third-order valence-electron chi connectivity index (χ3n) is 4.85. The van der Waals surface area contributed by atoms with Crippen molar-refractivity contribution < 1.29 is 19.1 Å². The maximum absolute atomic E-state index is 13.1. The highest BCUT2D eigenvalue weighted by atomic mass is 35.5. The lowest BCUT2D eigenvalue weighted by Gasteiger charge is -2.30. The van der Waals surface area contributed by atoms with E-state index < -0.39 is 6.04 Å². The molecule has 0 aromatic heterocycles. The van der Waals surface area contributed by atoms with Crippen LogP contribution in [-0.2, 0) is 16.1 Å². The standard InChI is InChI=1S/C24H30Cl2N2O4/c1-16(2)27-24(30)17(3)28(15-20-21(25)7-5-8-22(20)26)23(29)9-6-14-32-19-12-10-18(31-4)11-13-19/h5,7-8,10-13,16-17H,6,9,14-15H2,1-4H3,(H,27,30)/t17-/m1/s1. The summed E-state index contributed by atoms with van der Waals surface area (Å²) in [5.41, 5.74) is 0.614. The molecule has 0 aliphatic rings. The number of carbonyl (C=O) groups excluding carboxylic acids is 2. The molecule has 0 heterocycles. The van der Waals surface area contributed by atoms with E-state index in [0.29, 0.717) is 34.4 Å². The van der Waals surface area contributed by atoms with Gasteiger partial charge in [-0.3, -0.25) is 9.59 Å². The number of hydrogen-bond acceptors (Lipinski definition) is 4. The van der Waals surface area contributed by atoms with Gasteiger partial charge in [0, 0.05) is 34.6 Å². The van der Waals surface area contributed by atoms with Crippen molar-refractivity contribution in [1.29, 1.82) is 0 Å². The van der Waals surface area contributed by atoms with E-state index in [0.717, 1.165) is 5.75 Å². The topological polar surface area (TPSA) is 67.9 Å². The minimum absolute atomic E-state index is 0.0382. The number of halogens is 2. The van der Waals surface area contributed by atoms with Crippen LogP contribution in [-0.4, -0.2) is 42.5 Å². The second kappa shape index (κ2) is 12.6. The summed E-state index contributed by atoms with van der Waals surface area (Å²) in [5, 5.41) is 3.76. The molecule has 8 heteroatoms. The predicted octanol–water partition coefficient (Wildman–Crippen LogP) is 5.10. The maximum Gasteiger partial charge on any atom is 0.242 e. The number of nitrogens with one attached hydrogen (secondary N) is 1. The molecule has 0 radical (unpaired) electrons. The molecule has 1 N–H and O–H groups in total. The lowest BCUT2D eigenvalue weighted by molar-refractivity contribution is -0.141. The highest BCUT2D eigenvalue weighted by Gasteiger charge is 2.27. The van der Waals surface area contributed by atoms with E-state index in [2.05, 4.69) is 5.32 Å². The van der Waals surface area contributed by atoms with E-state index in [-0.39, 0.29) is 30.8 Å². The molecule has 2 aromatic carbocycles. The molecule has 0 saturated heterocycles. The Kier molecular flexibility index (Phi) is 10.1. The second-order valence-electron chi connectivity index (χ2n) is 7.69. The van der Waals surface area contributed by atoms with Crippen molar-refractivity contribution in [3.05, 3.63) is 58.1 Å². The highest BCUT2D eigenvalue weighted by molar-refractivity contribution is 6.36. The van der Waals surface area contributed by atoms with E-state index in [9.17, 15) is 9.59 Å². The van der Waals surface area contributed by atoms with Crippen LogP contribution < -0.4 is 14.8 Å². The number of rotatable bonds is 11. The first-order valence-corrected chi connectivity index (χ1v) is 11.3. The second-order valence-corrected chi connectivity index (χ2v) is 8.50.